The number of nitrogens with one attached hydrogen (secondary N) is 1. The molecule has 0 bridgehead atoms. The van der Waals surface area contributed by atoms with Crippen LogP contribution in [0.1, 0.15) is 9.67 Å². The molecule has 2 aromatic heterocycles. The average Bonchev–Trinajstić information content (AvgIpc) is 2.73. The van der Waals surface area contributed by atoms with E-state index in [0.717, 1.165) is 11.2 Å². The molecule has 1 amide bonds. The first kappa shape index (κ1) is 12.8. The Morgan fingerprint density at radius 3 is 3.06 bits per heavy atom. The summed E-state index contributed by atoms with van der Waals surface area (Å²) in [4.78, 5) is 18.7. The first-order chi connectivity index (χ1) is 8.65. The maximum Gasteiger partial charge on any atom is 0.265 e. The highest BCUT2D eigenvalue weighted by Gasteiger charge is 2.19. The smallest absolute Gasteiger partial charge is 0.265 e. The summed E-state index contributed by atoms with van der Waals surface area (Å²) in [6.45, 7) is 1.40. The van der Waals surface area contributed by atoms with Crippen LogP contribution in [0.2, 0.25) is 0 Å². The fourth-order valence-corrected chi connectivity index (χ4v) is 2.74. The Bertz CT molecular complexity index is 566. The Hall–Kier alpha value is -1.66. The second-order valence-corrected chi connectivity index (χ2v) is 5.08. The van der Waals surface area contributed by atoms with E-state index in [-0.39, 0.29) is 5.91 Å². The summed E-state index contributed by atoms with van der Waals surface area (Å²) >= 11 is 1.39. The van der Waals surface area contributed by atoms with Crippen molar-refractivity contribution < 1.29 is 4.79 Å². The molecule has 2 rings (SSSR count). The van der Waals surface area contributed by atoms with Gasteiger partial charge in [0.05, 0.1) is 10.4 Å². The minimum Gasteiger partial charge on any atom is -0.396 e. The molecule has 5 nitrogen and oxygen atoms in total. The van der Waals surface area contributed by atoms with Crippen molar-refractivity contribution in [3.05, 3.63) is 23.2 Å². The van der Waals surface area contributed by atoms with Gasteiger partial charge in [0.1, 0.15) is 10.4 Å². The van der Waals surface area contributed by atoms with Gasteiger partial charge in [-0.1, -0.05) is 0 Å². The van der Waals surface area contributed by atoms with Crippen molar-refractivity contribution in [1.82, 2.24) is 15.2 Å². The van der Waals surface area contributed by atoms with E-state index in [4.69, 9.17) is 5.73 Å². The van der Waals surface area contributed by atoms with Crippen LogP contribution in [0.15, 0.2) is 18.3 Å². The predicted octanol–water partition coefficient (Wildman–Crippen LogP) is 1.17. The fourth-order valence-electron chi connectivity index (χ4n) is 1.66. The van der Waals surface area contributed by atoms with Crippen LogP contribution in [0.4, 0.5) is 5.69 Å². The highest BCUT2D eigenvalue weighted by molar-refractivity contribution is 7.21. The van der Waals surface area contributed by atoms with Crippen molar-refractivity contribution in [2.24, 2.45) is 0 Å². The Labute approximate surface area is 110 Å². The summed E-state index contributed by atoms with van der Waals surface area (Å²) in [7, 11) is 3.63. The van der Waals surface area contributed by atoms with Crippen LogP contribution in [0.5, 0.6) is 0 Å². The van der Waals surface area contributed by atoms with Crippen LogP contribution in [0.25, 0.3) is 10.2 Å². The average molecular weight is 264 g/mol. The molecule has 96 valence electrons. The largest absolute Gasteiger partial charge is 0.396 e. The van der Waals surface area contributed by atoms with E-state index < -0.39 is 0 Å². The lowest BCUT2D eigenvalue weighted by Gasteiger charge is -2.16. The van der Waals surface area contributed by atoms with Gasteiger partial charge in [-0.15, -0.1) is 11.3 Å². The SMILES string of the molecule is CNCCN(C)C(=O)c1sc2cccnc2c1N. The van der Waals surface area contributed by atoms with Gasteiger partial charge in [0.15, 0.2) is 0 Å². The number of hydrogen-bond acceptors (Lipinski definition) is 5. The lowest BCUT2D eigenvalue weighted by atomic mass is 10.3. The van der Waals surface area contributed by atoms with Crippen LogP contribution in [-0.2, 0) is 0 Å². The number of amides is 1. The molecule has 0 unspecified atom stereocenters. The molecule has 2 heterocycles. The molecule has 0 spiro atoms. The third kappa shape index (κ3) is 2.30. The molecule has 0 radical (unpaired) electrons. The van der Waals surface area contributed by atoms with E-state index in [1.807, 2.05) is 19.2 Å². The number of nitrogens with two attached hydrogens (primary N) is 1. The monoisotopic (exact) mass is 264 g/mol. The van der Waals surface area contributed by atoms with Crippen molar-refractivity contribution in [3.63, 3.8) is 0 Å². The van der Waals surface area contributed by atoms with Crippen molar-refractivity contribution in [1.29, 1.82) is 0 Å². The second kappa shape index (κ2) is 5.32. The molecule has 6 heteroatoms. The second-order valence-electron chi connectivity index (χ2n) is 4.03. The standard InChI is InChI=1S/C12H16N4OS/c1-14-6-7-16(2)12(17)11-9(13)10-8(18-11)4-3-5-15-10/h3-5,14H,6-7,13H2,1-2H3. The van der Waals surface area contributed by atoms with Crippen LogP contribution in [0.3, 0.4) is 0 Å². The third-order valence-electron chi connectivity index (χ3n) is 2.72. The third-order valence-corrected chi connectivity index (χ3v) is 3.87. The van der Waals surface area contributed by atoms with Gasteiger partial charge in [-0.3, -0.25) is 9.78 Å². The van der Waals surface area contributed by atoms with Gasteiger partial charge in [-0.05, 0) is 19.2 Å². The summed E-state index contributed by atoms with van der Waals surface area (Å²) in [5.41, 5.74) is 7.19. The lowest BCUT2D eigenvalue weighted by Crippen LogP contribution is -2.32. The van der Waals surface area contributed by atoms with Gasteiger partial charge in [0, 0.05) is 26.3 Å². The minimum absolute atomic E-state index is 0.0502. The molecule has 2 aromatic rings. The van der Waals surface area contributed by atoms with E-state index in [1.165, 1.54) is 11.3 Å². The Kier molecular flexibility index (Phi) is 3.78. The number of aromatic nitrogens is 1. The zero-order valence-corrected chi connectivity index (χ0v) is 11.3. The first-order valence-electron chi connectivity index (χ1n) is 5.68. The zero-order chi connectivity index (χ0) is 13.1. The molecule has 3 N–H and O–H groups in total. The quantitative estimate of drug-likeness (QED) is 0.869. The van der Waals surface area contributed by atoms with Crippen LogP contribution in [0, 0.1) is 0 Å². The van der Waals surface area contributed by atoms with E-state index in [0.29, 0.717) is 22.6 Å². The molecule has 0 aromatic carbocycles. The van der Waals surface area contributed by atoms with Crippen molar-refractivity contribution in [2.75, 3.05) is 32.9 Å². The van der Waals surface area contributed by atoms with Gasteiger partial charge >= 0.3 is 0 Å². The van der Waals surface area contributed by atoms with Crippen molar-refractivity contribution in [3.8, 4) is 0 Å². The summed E-state index contributed by atoms with van der Waals surface area (Å²) in [5, 5.41) is 3.01. The molecule has 0 fully saturated rings. The van der Waals surface area contributed by atoms with E-state index >= 15 is 0 Å². The minimum atomic E-state index is -0.0502. The maximum atomic E-state index is 12.2. The molecular formula is C12H16N4OS. The maximum absolute atomic E-state index is 12.2. The van der Waals surface area contributed by atoms with Gasteiger partial charge in [-0.25, -0.2) is 0 Å². The number of carbonyl (C=O) groups excluding carboxylic acids is 1. The van der Waals surface area contributed by atoms with E-state index in [1.54, 1.807) is 18.1 Å². The Morgan fingerprint density at radius 1 is 1.61 bits per heavy atom. The Morgan fingerprint density at radius 2 is 2.39 bits per heavy atom. The number of anilines is 1. The van der Waals surface area contributed by atoms with Crippen LogP contribution in [-0.4, -0.2) is 43.0 Å². The number of rotatable bonds is 4. The van der Waals surface area contributed by atoms with Crippen molar-refractivity contribution in [2.45, 2.75) is 0 Å². The fraction of sp³-hybridized carbons (Fsp3) is 0.333. The summed E-state index contributed by atoms with van der Waals surface area (Å²) in [6.07, 6.45) is 1.68. The van der Waals surface area contributed by atoms with Gasteiger partial charge in [0.2, 0.25) is 0 Å². The number of nitrogen functional groups attached to an aromatic ring is 1. The number of likely N-dealkylation sites (N-methyl/N-ethyl adjacent to an activating group) is 2. The number of nitrogens with zero attached hydrogens (tertiary/aromatic N) is 2. The number of fused-ring (bicyclic) bond motifs is 1. The molecule has 0 saturated heterocycles. The zero-order valence-electron chi connectivity index (χ0n) is 10.4. The highest BCUT2D eigenvalue weighted by atomic mass is 32.1. The normalized spacial score (nSPS) is 10.8. The van der Waals surface area contributed by atoms with E-state index in [9.17, 15) is 4.79 Å². The first-order valence-corrected chi connectivity index (χ1v) is 6.50. The summed E-state index contributed by atoms with van der Waals surface area (Å²) in [5.74, 6) is -0.0502. The summed E-state index contributed by atoms with van der Waals surface area (Å²) < 4.78 is 0.945. The summed E-state index contributed by atoms with van der Waals surface area (Å²) in [6, 6.07) is 3.77. The molecule has 0 aliphatic heterocycles. The van der Waals surface area contributed by atoms with Gasteiger partial charge < -0.3 is 16.0 Å². The highest BCUT2D eigenvalue weighted by Crippen LogP contribution is 2.32. The molecular weight excluding hydrogens is 248 g/mol. The van der Waals surface area contributed by atoms with Crippen LogP contribution < -0.4 is 11.1 Å². The number of pyridine rings is 1. The van der Waals surface area contributed by atoms with Crippen LogP contribution >= 0.6 is 11.3 Å². The van der Waals surface area contributed by atoms with E-state index in [2.05, 4.69) is 10.3 Å². The molecule has 0 aliphatic carbocycles. The molecule has 0 aliphatic rings. The molecule has 18 heavy (non-hydrogen) atoms. The molecule has 0 saturated carbocycles. The number of carbonyl (C=O) groups is 1. The lowest BCUT2D eigenvalue weighted by molar-refractivity contribution is 0.0802. The van der Waals surface area contributed by atoms with Gasteiger partial charge in [-0.2, -0.15) is 0 Å². The number of hydrogen-bond donors (Lipinski definition) is 2. The predicted molar refractivity (Wildman–Crippen MR) is 74.9 cm³/mol. The topological polar surface area (TPSA) is 71.2 Å². The van der Waals surface area contributed by atoms with Crippen molar-refractivity contribution >= 4 is 33.1 Å². The number of thiophene rings is 1. The van der Waals surface area contributed by atoms with Gasteiger partial charge in [0.25, 0.3) is 5.91 Å². The Balaban J connectivity index is 2.30. The molecule has 0 atom stereocenters.